The quantitative estimate of drug-likeness (QED) is 0.916. The zero-order chi connectivity index (χ0) is 13.2. The second-order valence-electron chi connectivity index (χ2n) is 5.55. The number of pyridine rings is 1. The number of fused-ring (bicyclic) bond motifs is 1. The molecular formula is C15H22N4. The van der Waals surface area contributed by atoms with Crippen molar-refractivity contribution in [2.45, 2.75) is 32.2 Å². The van der Waals surface area contributed by atoms with Crippen molar-refractivity contribution in [3.63, 3.8) is 0 Å². The molecule has 0 atom stereocenters. The highest BCUT2D eigenvalue weighted by Crippen LogP contribution is 2.28. The molecule has 0 bridgehead atoms. The minimum Gasteiger partial charge on any atom is -0.358 e. The highest BCUT2D eigenvalue weighted by molar-refractivity contribution is 5.55. The summed E-state index contributed by atoms with van der Waals surface area (Å²) in [6, 6.07) is 6.07. The van der Waals surface area contributed by atoms with Gasteiger partial charge in [-0.1, -0.05) is 18.9 Å². The van der Waals surface area contributed by atoms with E-state index in [2.05, 4.69) is 16.3 Å². The second-order valence-corrected chi connectivity index (χ2v) is 5.55. The molecule has 0 radical (unpaired) electrons. The van der Waals surface area contributed by atoms with E-state index in [1.165, 1.54) is 25.7 Å². The molecule has 102 valence electrons. The van der Waals surface area contributed by atoms with Crippen LogP contribution in [-0.4, -0.2) is 23.0 Å². The molecule has 0 aromatic carbocycles. The van der Waals surface area contributed by atoms with E-state index in [9.17, 15) is 0 Å². The number of rotatable bonds is 4. The van der Waals surface area contributed by atoms with E-state index < -0.39 is 0 Å². The molecule has 2 aromatic heterocycles. The van der Waals surface area contributed by atoms with E-state index in [-0.39, 0.29) is 0 Å². The van der Waals surface area contributed by atoms with Crippen LogP contribution in [0.5, 0.6) is 0 Å². The Balaban J connectivity index is 1.90. The van der Waals surface area contributed by atoms with Crippen molar-refractivity contribution in [2.24, 2.45) is 11.7 Å². The van der Waals surface area contributed by atoms with Gasteiger partial charge in [0.25, 0.3) is 0 Å². The predicted molar refractivity (Wildman–Crippen MR) is 78.3 cm³/mol. The molecule has 4 heteroatoms. The topological polar surface area (TPSA) is 46.6 Å². The number of nitrogens with zero attached hydrogens (tertiary/aromatic N) is 3. The molecule has 2 aromatic rings. The van der Waals surface area contributed by atoms with Crippen molar-refractivity contribution in [3.05, 3.63) is 30.1 Å². The molecule has 0 saturated heterocycles. The Morgan fingerprint density at radius 2 is 2.16 bits per heavy atom. The number of nitrogens with two attached hydrogens (primary N) is 1. The summed E-state index contributed by atoms with van der Waals surface area (Å²) in [5, 5.41) is 0. The molecule has 0 spiro atoms. The summed E-state index contributed by atoms with van der Waals surface area (Å²) in [4.78, 5) is 7.02. The Morgan fingerprint density at radius 3 is 2.89 bits per heavy atom. The van der Waals surface area contributed by atoms with Crippen molar-refractivity contribution in [3.8, 4) is 0 Å². The fourth-order valence-electron chi connectivity index (χ4n) is 3.20. The molecule has 19 heavy (non-hydrogen) atoms. The van der Waals surface area contributed by atoms with E-state index in [0.29, 0.717) is 6.54 Å². The molecule has 1 saturated carbocycles. The number of hydrogen-bond acceptors (Lipinski definition) is 3. The van der Waals surface area contributed by atoms with Crippen LogP contribution in [0.25, 0.3) is 5.65 Å². The van der Waals surface area contributed by atoms with Gasteiger partial charge in [0.15, 0.2) is 5.82 Å². The molecule has 1 aliphatic rings. The number of anilines is 1. The van der Waals surface area contributed by atoms with Crippen molar-refractivity contribution in [2.75, 3.05) is 18.5 Å². The first kappa shape index (κ1) is 12.5. The van der Waals surface area contributed by atoms with E-state index in [1.807, 2.05) is 24.4 Å². The molecule has 3 rings (SSSR count). The summed E-state index contributed by atoms with van der Waals surface area (Å²) in [6.45, 7) is 1.62. The number of hydrogen-bond donors (Lipinski definition) is 1. The summed E-state index contributed by atoms with van der Waals surface area (Å²) in [7, 11) is 2.14. The van der Waals surface area contributed by atoms with Crippen molar-refractivity contribution >= 4 is 11.5 Å². The fourth-order valence-corrected chi connectivity index (χ4v) is 3.20. The SMILES string of the molecule is CN(CC1CCCC1)c1nc2ccccn2c1CN. The van der Waals surface area contributed by atoms with Crippen molar-refractivity contribution in [1.29, 1.82) is 0 Å². The van der Waals surface area contributed by atoms with E-state index in [4.69, 9.17) is 10.7 Å². The number of aromatic nitrogens is 2. The standard InChI is InChI=1S/C15H22N4/c1-18(11-12-6-2-3-7-12)15-13(10-16)19-9-5-4-8-14(19)17-15/h4-5,8-9,12H,2-3,6-7,10-11,16H2,1H3. The normalized spacial score (nSPS) is 16.3. The number of imidazole rings is 1. The van der Waals surface area contributed by atoms with Crippen LogP contribution in [-0.2, 0) is 6.54 Å². The van der Waals surface area contributed by atoms with Gasteiger partial charge in [0.2, 0.25) is 0 Å². The highest BCUT2D eigenvalue weighted by atomic mass is 15.2. The molecule has 4 nitrogen and oxygen atoms in total. The lowest BCUT2D eigenvalue weighted by molar-refractivity contribution is 0.544. The van der Waals surface area contributed by atoms with E-state index in [0.717, 1.165) is 29.6 Å². The maximum atomic E-state index is 5.92. The Morgan fingerprint density at radius 1 is 1.37 bits per heavy atom. The molecule has 0 amide bonds. The third kappa shape index (κ3) is 2.32. The predicted octanol–water partition coefficient (Wildman–Crippen LogP) is 2.42. The second kappa shape index (κ2) is 5.21. The first-order valence-corrected chi connectivity index (χ1v) is 7.16. The van der Waals surface area contributed by atoms with Gasteiger partial charge in [-0.3, -0.25) is 0 Å². The maximum Gasteiger partial charge on any atom is 0.152 e. The van der Waals surface area contributed by atoms with Crippen LogP contribution in [0.15, 0.2) is 24.4 Å². The zero-order valence-electron chi connectivity index (χ0n) is 11.5. The summed E-state index contributed by atoms with van der Waals surface area (Å²) in [6.07, 6.45) is 7.52. The molecule has 0 unspecified atom stereocenters. The first-order chi connectivity index (χ1) is 9.29. The van der Waals surface area contributed by atoms with Crippen molar-refractivity contribution < 1.29 is 0 Å². The molecule has 2 N–H and O–H groups in total. The van der Waals surface area contributed by atoms with Crippen LogP contribution in [0, 0.1) is 5.92 Å². The summed E-state index contributed by atoms with van der Waals surface area (Å²) in [5.74, 6) is 1.86. The lowest BCUT2D eigenvalue weighted by Crippen LogP contribution is -2.25. The molecular weight excluding hydrogens is 236 g/mol. The van der Waals surface area contributed by atoms with Gasteiger partial charge in [-0.25, -0.2) is 4.98 Å². The zero-order valence-corrected chi connectivity index (χ0v) is 11.5. The summed E-state index contributed by atoms with van der Waals surface area (Å²) >= 11 is 0. The Labute approximate surface area is 114 Å². The third-order valence-corrected chi connectivity index (χ3v) is 4.17. The van der Waals surface area contributed by atoms with Crippen LogP contribution in [0.1, 0.15) is 31.4 Å². The molecule has 1 aliphatic carbocycles. The van der Waals surface area contributed by atoms with Gasteiger partial charge in [-0.15, -0.1) is 0 Å². The fraction of sp³-hybridized carbons (Fsp3) is 0.533. The van der Waals surface area contributed by atoms with Crippen molar-refractivity contribution in [1.82, 2.24) is 9.38 Å². The smallest absolute Gasteiger partial charge is 0.152 e. The minimum atomic E-state index is 0.523. The van der Waals surface area contributed by atoms with Crippen LogP contribution in [0.2, 0.25) is 0 Å². The van der Waals surface area contributed by atoms with Gasteiger partial charge in [-0.05, 0) is 30.9 Å². The van der Waals surface area contributed by atoms with Gasteiger partial charge in [-0.2, -0.15) is 0 Å². The van der Waals surface area contributed by atoms with Gasteiger partial charge in [0, 0.05) is 26.3 Å². The van der Waals surface area contributed by atoms with E-state index >= 15 is 0 Å². The molecule has 0 aliphatic heterocycles. The van der Waals surface area contributed by atoms with Gasteiger partial charge in [0.1, 0.15) is 5.65 Å². The average Bonchev–Trinajstić information content (AvgIpc) is 3.04. The lowest BCUT2D eigenvalue weighted by Gasteiger charge is -2.21. The van der Waals surface area contributed by atoms with Crippen LogP contribution in [0.4, 0.5) is 5.82 Å². The monoisotopic (exact) mass is 258 g/mol. The largest absolute Gasteiger partial charge is 0.358 e. The molecule has 1 fully saturated rings. The minimum absolute atomic E-state index is 0.523. The third-order valence-electron chi connectivity index (χ3n) is 4.17. The van der Waals surface area contributed by atoms with Crippen LogP contribution < -0.4 is 10.6 Å². The van der Waals surface area contributed by atoms with E-state index in [1.54, 1.807) is 0 Å². The Kier molecular flexibility index (Phi) is 3.42. The van der Waals surface area contributed by atoms with Gasteiger partial charge in [0.05, 0.1) is 5.69 Å². The lowest BCUT2D eigenvalue weighted by atomic mass is 10.1. The van der Waals surface area contributed by atoms with Crippen LogP contribution in [0.3, 0.4) is 0 Å². The Bertz CT molecular complexity index is 554. The molecule has 2 heterocycles. The highest BCUT2D eigenvalue weighted by Gasteiger charge is 2.20. The first-order valence-electron chi connectivity index (χ1n) is 7.16. The summed E-state index contributed by atoms with van der Waals surface area (Å²) < 4.78 is 2.10. The summed E-state index contributed by atoms with van der Waals surface area (Å²) in [5.41, 5.74) is 8.01. The van der Waals surface area contributed by atoms with Gasteiger partial charge >= 0.3 is 0 Å². The Hall–Kier alpha value is -1.55. The van der Waals surface area contributed by atoms with Gasteiger partial charge < -0.3 is 15.0 Å². The van der Waals surface area contributed by atoms with Crippen LogP contribution >= 0.6 is 0 Å². The average molecular weight is 258 g/mol. The maximum absolute atomic E-state index is 5.92.